The molecule has 6 nitrogen and oxygen atoms in total. The quantitative estimate of drug-likeness (QED) is 0.291. The summed E-state index contributed by atoms with van der Waals surface area (Å²) in [4.78, 5) is 30.2. The summed E-state index contributed by atoms with van der Waals surface area (Å²) in [5, 5.41) is 19.9. The van der Waals surface area contributed by atoms with Crippen molar-refractivity contribution in [2.75, 3.05) is 18.6 Å². The van der Waals surface area contributed by atoms with Crippen LogP contribution in [0.1, 0.15) is 67.3 Å². The lowest BCUT2D eigenvalue weighted by Gasteiger charge is -2.35. The molecule has 0 aromatic heterocycles. The zero-order chi connectivity index (χ0) is 26.5. The van der Waals surface area contributed by atoms with Crippen LogP contribution < -0.4 is 9.64 Å². The van der Waals surface area contributed by atoms with E-state index in [0.717, 1.165) is 36.9 Å². The number of carbonyl (C=O) groups is 2. The highest BCUT2D eigenvalue weighted by atomic mass is 35.5. The predicted octanol–water partition coefficient (Wildman–Crippen LogP) is 6.61. The number of ether oxygens (including phenoxy) is 1. The molecular weight excluding hydrogens is 486 g/mol. The number of hydrogen-bond acceptors (Lipinski definition) is 5. The molecule has 2 aliphatic rings. The minimum Gasteiger partial charge on any atom is -0.497 e. The highest BCUT2D eigenvalue weighted by molar-refractivity contribution is 6.31. The van der Waals surface area contributed by atoms with E-state index in [4.69, 9.17) is 16.3 Å². The normalized spacial score (nSPS) is 19.5. The van der Waals surface area contributed by atoms with E-state index >= 15 is 0 Å². The van der Waals surface area contributed by atoms with Crippen molar-refractivity contribution in [3.8, 4) is 17.9 Å². The summed E-state index contributed by atoms with van der Waals surface area (Å²) in [5.41, 5.74) is 2.72. The summed E-state index contributed by atoms with van der Waals surface area (Å²) in [6, 6.07) is 16.4. The smallest absolute Gasteiger partial charge is 0.235 e. The van der Waals surface area contributed by atoms with Crippen molar-refractivity contribution in [2.45, 2.75) is 51.4 Å². The molecule has 1 saturated carbocycles. The van der Waals surface area contributed by atoms with Crippen LogP contribution in [0, 0.1) is 34.5 Å². The molecule has 2 aromatic rings. The van der Waals surface area contributed by atoms with Gasteiger partial charge in [-0.15, -0.1) is 0 Å². The second-order valence-corrected chi connectivity index (χ2v) is 10.1. The third-order valence-corrected chi connectivity index (χ3v) is 7.79. The number of benzene rings is 2. The summed E-state index contributed by atoms with van der Waals surface area (Å²) in [6.45, 7) is 2.63. The molecule has 3 atom stereocenters. The maximum atomic E-state index is 14.3. The van der Waals surface area contributed by atoms with Gasteiger partial charge in [-0.2, -0.15) is 10.5 Å². The van der Waals surface area contributed by atoms with Gasteiger partial charge in [0.1, 0.15) is 23.5 Å². The minimum absolute atomic E-state index is 0.0526. The van der Waals surface area contributed by atoms with Crippen LogP contribution in [-0.2, 0) is 4.79 Å². The standard InChI is InChI=1S/C30H30ClN3O3/c1-3-4-15-34-26-14-11-21(31)16-25(26)28(30(34)36)27(29(35)19-9-12-22(37-2)13-10-19)24-8-6-5-7-23(24)20(17-32)18-33/h9-14,16,24,27-28H,3-8,15H2,1-2H3. The average Bonchev–Trinajstić information content (AvgIpc) is 3.19. The molecule has 1 aliphatic carbocycles. The highest BCUT2D eigenvalue weighted by Crippen LogP contribution is 2.50. The number of unbranched alkanes of at least 4 members (excludes halogenated alkanes) is 1. The van der Waals surface area contributed by atoms with Crippen molar-refractivity contribution in [2.24, 2.45) is 11.8 Å². The number of hydrogen-bond donors (Lipinski definition) is 0. The van der Waals surface area contributed by atoms with Gasteiger partial charge in [0.2, 0.25) is 5.91 Å². The molecule has 4 rings (SSSR count). The first-order chi connectivity index (χ1) is 17.9. The molecule has 1 fully saturated rings. The van der Waals surface area contributed by atoms with Gasteiger partial charge in [-0.05, 0) is 85.2 Å². The van der Waals surface area contributed by atoms with Crippen LogP contribution in [0.25, 0.3) is 0 Å². The van der Waals surface area contributed by atoms with Crippen LogP contribution in [-0.4, -0.2) is 25.3 Å². The third-order valence-electron chi connectivity index (χ3n) is 7.56. The second kappa shape index (κ2) is 11.6. The Hall–Kier alpha value is -3.61. The van der Waals surface area contributed by atoms with E-state index in [2.05, 4.69) is 6.92 Å². The van der Waals surface area contributed by atoms with Gasteiger partial charge in [-0.25, -0.2) is 0 Å². The number of ketones is 1. The summed E-state index contributed by atoms with van der Waals surface area (Å²) in [6.07, 6.45) is 4.65. The zero-order valence-corrected chi connectivity index (χ0v) is 21.9. The lowest BCUT2D eigenvalue weighted by Crippen LogP contribution is -2.39. The molecule has 7 heteroatoms. The molecule has 0 spiro atoms. The molecule has 0 saturated heterocycles. The fourth-order valence-electron chi connectivity index (χ4n) is 5.76. The first-order valence-corrected chi connectivity index (χ1v) is 13.1. The monoisotopic (exact) mass is 515 g/mol. The molecule has 3 unspecified atom stereocenters. The average molecular weight is 516 g/mol. The highest BCUT2D eigenvalue weighted by Gasteiger charge is 2.49. The van der Waals surface area contributed by atoms with Gasteiger partial charge in [0.15, 0.2) is 5.78 Å². The number of fused-ring (bicyclic) bond motifs is 1. The van der Waals surface area contributed by atoms with Crippen LogP contribution >= 0.6 is 11.6 Å². The second-order valence-electron chi connectivity index (χ2n) is 9.62. The summed E-state index contributed by atoms with van der Waals surface area (Å²) in [5.74, 6) is -1.59. The van der Waals surface area contributed by atoms with Gasteiger partial charge >= 0.3 is 0 Å². The van der Waals surface area contributed by atoms with Crippen LogP contribution in [0.4, 0.5) is 5.69 Å². The molecular formula is C30H30ClN3O3. The van der Waals surface area contributed by atoms with Gasteiger partial charge in [0.05, 0.1) is 13.0 Å². The van der Waals surface area contributed by atoms with Gasteiger partial charge in [0, 0.05) is 28.7 Å². The van der Waals surface area contributed by atoms with E-state index in [0.29, 0.717) is 41.3 Å². The Morgan fingerprint density at radius 2 is 1.89 bits per heavy atom. The Morgan fingerprint density at radius 3 is 2.54 bits per heavy atom. The van der Waals surface area contributed by atoms with Gasteiger partial charge in [-0.1, -0.05) is 31.4 Å². The van der Waals surface area contributed by atoms with E-state index in [-0.39, 0.29) is 17.3 Å². The Bertz CT molecular complexity index is 1290. The minimum atomic E-state index is -0.767. The first kappa shape index (κ1) is 26.5. The Balaban J connectivity index is 1.90. The molecule has 1 heterocycles. The van der Waals surface area contributed by atoms with Gasteiger partial charge in [-0.3, -0.25) is 9.59 Å². The zero-order valence-electron chi connectivity index (χ0n) is 21.2. The number of allylic oxidation sites excluding steroid dienone is 2. The molecule has 1 amide bonds. The fraction of sp³-hybridized carbons (Fsp3) is 0.400. The molecule has 0 N–H and O–H groups in total. The maximum Gasteiger partial charge on any atom is 0.235 e. The molecule has 1 aliphatic heterocycles. The summed E-state index contributed by atoms with van der Waals surface area (Å²) >= 11 is 6.41. The Morgan fingerprint density at radius 1 is 1.16 bits per heavy atom. The van der Waals surface area contributed by atoms with Crippen LogP contribution in [0.5, 0.6) is 5.75 Å². The summed E-state index contributed by atoms with van der Waals surface area (Å²) < 4.78 is 5.27. The van der Waals surface area contributed by atoms with Crippen molar-refractivity contribution in [1.29, 1.82) is 10.5 Å². The van der Waals surface area contributed by atoms with Gasteiger partial charge in [0.25, 0.3) is 0 Å². The number of anilines is 1. The van der Waals surface area contributed by atoms with Crippen molar-refractivity contribution in [1.82, 2.24) is 0 Å². The molecule has 0 bridgehead atoms. The number of nitrogens with zero attached hydrogens (tertiary/aromatic N) is 3. The maximum absolute atomic E-state index is 14.3. The number of Topliss-reactive ketones (excluding diaryl/α,β-unsaturated/α-hetero) is 1. The number of halogens is 1. The van der Waals surface area contributed by atoms with Crippen LogP contribution in [0.2, 0.25) is 5.02 Å². The van der Waals surface area contributed by atoms with Crippen LogP contribution in [0.3, 0.4) is 0 Å². The fourth-order valence-corrected chi connectivity index (χ4v) is 5.94. The van der Waals surface area contributed by atoms with E-state index < -0.39 is 17.8 Å². The lowest BCUT2D eigenvalue weighted by molar-refractivity contribution is -0.120. The largest absolute Gasteiger partial charge is 0.497 e. The third kappa shape index (κ3) is 5.13. The van der Waals surface area contributed by atoms with Gasteiger partial charge < -0.3 is 9.64 Å². The molecule has 2 aromatic carbocycles. The van der Waals surface area contributed by atoms with E-state index in [9.17, 15) is 20.1 Å². The van der Waals surface area contributed by atoms with E-state index in [1.54, 1.807) is 48.4 Å². The van der Waals surface area contributed by atoms with Crippen LogP contribution in [0.15, 0.2) is 53.6 Å². The predicted molar refractivity (Wildman–Crippen MR) is 142 cm³/mol. The number of rotatable bonds is 8. The summed E-state index contributed by atoms with van der Waals surface area (Å²) in [7, 11) is 1.56. The molecule has 37 heavy (non-hydrogen) atoms. The number of methoxy groups -OCH3 is 1. The Kier molecular flexibility index (Phi) is 8.31. The molecule has 190 valence electrons. The first-order valence-electron chi connectivity index (χ1n) is 12.8. The van der Waals surface area contributed by atoms with Crippen molar-refractivity contribution < 1.29 is 14.3 Å². The number of carbonyl (C=O) groups excluding carboxylic acids is 2. The molecule has 0 radical (unpaired) electrons. The van der Waals surface area contributed by atoms with Crippen molar-refractivity contribution in [3.63, 3.8) is 0 Å². The Labute approximate surface area is 223 Å². The lowest BCUT2D eigenvalue weighted by atomic mass is 9.66. The van der Waals surface area contributed by atoms with E-state index in [1.165, 1.54) is 0 Å². The SMILES string of the molecule is CCCCN1C(=O)C(C(C(=O)c2ccc(OC)cc2)C2CCCCC2=C(C#N)C#N)c2cc(Cl)ccc21. The van der Waals surface area contributed by atoms with Crippen molar-refractivity contribution in [3.05, 3.63) is 69.8 Å². The number of amides is 1. The number of nitriles is 2. The topological polar surface area (TPSA) is 94.2 Å². The van der Waals surface area contributed by atoms with E-state index in [1.807, 2.05) is 18.2 Å². The van der Waals surface area contributed by atoms with Crippen molar-refractivity contribution >= 4 is 29.0 Å².